The maximum absolute atomic E-state index is 2.53. The average Bonchev–Trinajstić information content (AvgIpc) is 2.18. The summed E-state index contributed by atoms with van der Waals surface area (Å²) >= 11 is 0. The summed E-state index contributed by atoms with van der Waals surface area (Å²) in [6.07, 6.45) is 9.70. The third-order valence-corrected chi connectivity index (χ3v) is 2.69. The number of hydrogen-bond acceptors (Lipinski definition) is 1. The monoisotopic (exact) mass is 193 g/mol. The molecule has 0 bridgehead atoms. The van der Waals surface area contributed by atoms with E-state index in [1.54, 1.807) is 0 Å². The molecule has 14 heavy (non-hydrogen) atoms. The topological polar surface area (TPSA) is 3.24 Å². The summed E-state index contributed by atoms with van der Waals surface area (Å²) < 4.78 is 0. The summed E-state index contributed by atoms with van der Waals surface area (Å²) in [5.41, 5.74) is 2.96. The van der Waals surface area contributed by atoms with Crippen molar-refractivity contribution in [2.45, 2.75) is 46.5 Å². The molecule has 0 N–H and O–H groups in total. The smallest absolute Gasteiger partial charge is 0.0352 e. The van der Waals surface area contributed by atoms with Crippen LogP contribution < -0.4 is 0 Å². The van der Waals surface area contributed by atoms with Crippen molar-refractivity contribution < 1.29 is 0 Å². The van der Waals surface area contributed by atoms with E-state index < -0.39 is 0 Å². The fourth-order valence-electron chi connectivity index (χ4n) is 2.06. The standard InChI is InChI=1S/C13H23N/c1-4-10-14(11-5-2)13-9-7-6-8-12(13)3/h8-9H,4-7,10-11H2,1-3H3. The molecule has 1 nitrogen and oxygen atoms in total. The van der Waals surface area contributed by atoms with Crippen molar-refractivity contribution in [3.63, 3.8) is 0 Å². The molecule has 0 saturated heterocycles. The maximum Gasteiger partial charge on any atom is 0.0352 e. The van der Waals surface area contributed by atoms with Crippen molar-refractivity contribution >= 4 is 0 Å². The van der Waals surface area contributed by atoms with E-state index in [0.29, 0.717) is 0 Å². The summed E-state index contributed by atoms with van der Waals surface area (Å²) in [7, 11) is 0. The van der Waals surface area contributed by atoms with Gasteiger partial charge in [-0.2, -0.15) is 0 Å². The van der Waals surface area contributed by atoms with E-state index in [9.17, 15) is 0 Å². The number of hydrogen-bond donors (Lipinski definition) is 0. The molecular formula is C13H23N. The van der Waals surface area contributed by atoms with Gasteiger partial charge in [0.1, 0.15) is 0 Å². The molecule has 0 fully saturated rings. The van der Waals surface area contributed by atoms with Crippen LogP contribution in [0.1, 0.15) is 46.5 Å². The van der Waals surface area contributed by atoms with E-state index in [0.717, 1.165) is 0 Å². The summed E-state index contributed by atoms with van der Waals surface area (Å²) in [5.74, 6) is 0. The van der Waals surface area contributed by atoms with Crippen LogP contribution in [0.3, 0.4) is 0 Å². The fraction of sp³-hybridized carbons (Fsp3) is 0.692. The minimum absolute atomic E-state index is 1.20. The first-order valence-corrected chi connectivity index (χ1v) is 5.91. The van der Waals surface area contributed by atoms with Crippen LogP contribution in [0.25, 0.3) is 0 Å². The lowest BCUT2D eigenvalue weighted by Gasteiger charge is -2.29. The molecule has 80 valence electrons. The van der Waals surface area contributed by atoms with Gasteiger partial charge in [0.15, 0.2) is 0 Å². The number of nitrogens with zero attached hydrogens (tertiary/aromatic N) is 1. The van der Waals surface area contributed by atoms with Gasteiger partial charge in [0, 0.05) is 18.8 Å². The molecule has 1 aliphatic carbocycles. The molecule has 1 heteroatoms. The van der Waals surface area contributed by atoms with E-state index in [1.807, 2.05) is 0 Å². The molecule has 1 aliphatic rings. The van der Waals surface area contributed by atoms with E-state index in [-0.39, 0.29) is 0 Å². The molecule has 0 unspecified atom stereocenters. The Balaban J connectivity index is 2.66. The highest BCUT2D eigenvalue weighted by atomic mass is 15.1. The van der Waals surface area contributed by atoms with Crippen molar-refractivity contribution in [2.75, 3.05) is 13.1 Å². The normalized spacial score (nSPS) is 16.2. The van der Waals surface area contributed by atoms with Crippen molar-refractivity contribution in [1.82, 2.24) is 4.90 Å². The lowest BCUT2D eigenvalue weighted by Crippen LogP contribution is -2.26. The second kappa shape index (κ2) is 5.90. The summed E-state index contributed by atoms with van der Waals surface area (Å²) in [4.78, 5) is 2.53. The average molecular weight is 193 g/mol. The van der Waals surface area contributed by atoms with Crippen LogP contribution >= 0.6 is 0 Å². The van der Waals surface area contributed by atoms with Gasteiger partial charge in [-0.1, -0.05) is 26.0 Å². The first kappa shape index (κ1) is 11.4. The Morgan fingerprint density at radius 2 is 1.64 bits per heavy atom. The zero-order chi connectivity index (χ0) is 10.4. The quantitative estimate of drug-likeness (QED) is 0.643. The first-order valence-electron chi connectivity index (χ1n) is 5.91. The van der Waals surface area contributed by atoms with Crippen molar-refractivity contribution in [1.29, 1.82) is 0 Å². The van der Waals surface area contributed by atoms with E-state index in [2.05, 4.69) is 37.8 Å². The van der Waals surface area contributed by atoms with E-state index in [4.69, 9.17) is 0 Å². The Bertz CT molecular complexity index is 219. The summed E-state index contributed by atoms with van der Waals surface area (Å²) in [5, 5.41) is 0. The van der Waals surface area contributed by atoms with Crippen molar-refractivity contribution in [3.8, 4) is 0 Å². The van der Waals surface area contributed by atoms with Crippen LogP contribution in [0.5, 0.6) is 0 Å². The second-order valence-electron chi connectivity index (χ2n) is 4.04. The molecule has 0 atom stereocenters. The predicted molar refractivity (Wildman–Crippen MR) is 63.2 cm³/mol. The van der Waals surface area contributed by atoms with Crippen LogP contribution in [0.2, 0.25) is 0 Å². The van der Waals surface area contributed by atoms with Crippen LogP contribution in [-0.4, -0.2) is 18.0 Å². The molecule has 0 amide bonds. The minimum Gasteiger partial charge on any atom is -0.372 e. The number of rotatable bonds is 5. The number of allylic oxidation sites excluding steroid dienone is 3. The third-order valence-electron chi connectivity index (χ3n) is 2.69. The largest absolute Gasteiger partial charge is 0.372 e. The lowest BCUT2D eigenvalue weighted by molar-refractivity contribution is 0.347. The van der Waals surface area contributed by atoms with Crippen LogP contribution in [0.4, 0.5) is 0 Å². The zero-order valence-corrected chi connectivity index (χ0v) is 9.84. The molecule has 0 spiro atoms. The molecule has 0 heterocycles. The molecule has 1 rings (SSSR count). The first-order chi connectivity index (χ1) is 6.79. The van der Waals surface area contributed by atoms with Gasteiger partial charge in [0.2, 0.25) is 0 Å². The van der Waals surface area contributed by atoms with Crippen LogP contribution in [0.15, 0.2) is 23.4 Å². The Kier molecular flexibility index (Phi) is 4.78. The van der Waals surface area contributed by atoms with E-state index >= 15 is 0 Å². The molecule has 0 aromatic carbocycles. The third kappa shape index (κ3) is 2.90. The van der Waals surface area contributed by atoms with Gasteiger partial charge in [-0.25, -0.2) is 0 Å². The van der Waals surface area contributed by atoms with Crippen LogP contribution in [-0.2, 0) is 0 Å². The van der Waals surface area contributed by atoms with Crippen molar-refractivity contribution in [3.05, 3.63) is 23.4 Å². The Morgan fingerprint density at radius 1 is 1.07 bits per heavy atom. The molecule has 0 aliphatic heterocycles. The van der Waals surface area contributed by atoms with Gasteiger partial charge >= 0.3 is 0 Å². The van der Waals surface area contributed by atoms with E-state index in [1.165, 1.54) is 50.0 Å². The predicted octanol–water partition coefficient (Wildman–Crippen LogP) is 3.73. The molecule has 0 aromatic heterocycles. The Labute approximate surface area is 88.5 Å². The Morgan fingerprint density at radius 3 is 2.14 bits per heavy atom. The van der Waals surface area contributed by atoms with Gasteiger partial charge in [0.25, 0.3) is 0 Å². The highest BCUT2D eigenvalue weighted by Gasteiger charge is 2.11. The van der Waals surface area contributed by atoms with Gasteiger partial charge < -0.3 is 4.90 Å². The molecule has 0 saturated carbocycles. The zero-order valence-electron chi connectivity index (χ0n) is 9.84. The minimum atomic E-state index is 1.20. The molecular weight excluding hydrogens is 170 g/mol. The van der Waals surface area contributed by atoms with Gasteiger partial charge in [0.05, 0.1) is 0 Å². The maximum atomic E-state index is 2.53. The van der Waals surface area contributed by atoms with Gasteiger partial charge in [-0.15, -0.1) is 0 Å². The van der Waals surface area contributed by atoms with Crippen LogP contribution in [0, 0.1) is 0 Å². The Hall–Kier alpha value is -0.720. The molecule has 0 radical (unpaired) electrons. The van der Waals surface area contributed by atoms with Gasteiger partial charge in [-0.3, -0.25) is 0 Å². The molecule has 0 aromatic rings. The van der Waals surface area contributed by atoms with Crippen molar-refractivity contribution in [2.24, 2.45) is 0 Å². The second-order valence-corrected chi connectivity index (χ2v) is 4.04. The summed E-state index contributed by atoms with van der Waals surface area (Å²) in [6.45, 7) is 9.15. The highest BCUT2D eigenvalue weighted by Crippen LogP contribution is 2.22. The fourth-order valence-corrected chi connectivity index (χ4v) is 2.06. The highest BCUT2D eigenvalue weighted by molar-refractivity contribution is 5.30. The van der Waals surface area contributed by atoms with Gasteiger partial charge in [-0.05, 0) is 38.2 Å². The summed E-state index contributed by atoms with van der Waals surface area (Å²) in [6, 6.07) is 0. The SMILES string of the molecule is CCCN(CCC)C1=CCCC=C1C. The lowest BCUT2D eigenvalue weighted by atomic mass is 10.0.